The zero-order valence-electron chi connectivity index (χ0n) is 12.6. The third-order valence-electron chi connectivity index (χ3n) is 3.19. The Morgan fingerprint density at radius 3 is 2.61 bits per heavy atom. The first kappa shape index (κ1) is 15.1. The summed E-state index contributed by atoms with van der Waals surface area (Å²) in [5, 5.41) is 9.61. The van der Waals surface area contributed by atoms with Gasteiger partial charge >= 0.3 is 0 Å². The Hall–Kier alpha value is -2.86. The first-order chi connectivity index (χ1) is 11.3. The zero-order chi connectivity index (χ0) is 16.1. The van der Waals surface area contributed by atoms with E-state index in [0.29, 0.717) is 34.0 Å². The van der Waals surface area contributed by atoms with E-state index >= 15 is 0 Å². The third-order valence-corrected chi connectivity index (χ3v) is 3.19. The van der Waals surface area contributed by atoms with Crippen LogP contribution < -0.4 is 14.2 Å². The number of rotatable bonds is 6. The molecule has 0 amide bonds. The van der Waals surface area contributed by atoms with Crippen LogP contribution in [0.25, 0.3) is 10.9 Å². The molecule has 0 aliphatic rings. The Kier molecular flexibility index (Phi) is 4.54. The Morgan fingerprint density at radius 1 is 1.04 bits per heavy atom. The van der Waals surface area contributed by atoms with Gasteiger partial charge in [-0.05, 0) is 18.2 Å². The monoisotopic (exact) mass is 312 g/mol. The highest BCUT2D eigenvalue weighted by atomic mass is 16.5. The van der Waals surface area contributed by atoms with E-state index in [-0.39, 0.29) is 13.2 Å². The molecule has 0 aliphatic carbocycles. The molecule has 0 fully saturated rings. The van der Waals surface area contributed by atoms with Gasteiger partial charge < -0.3 is 19.3 Å². The summed E-state index contributed by atoms with van der Waals surface area (Å²) in [4.78, 5) is 8.44. The van der Waals surface area contributed by atoms with Crippen molar-refractivity contribution in [2.24, 2.45) is 0 Å². The van der Waals surface area contributed by atoms with E-state index in [2.05, 4.69) is 9.97 Å². The Morgan fingerprint density at radius 2 is 1.87 bits per heavy atom. The number of hydrogen-bond donors (Lipinski definition) is 1. The average Bonchev–Trinajstić information content (AvgIpc) is 2.60. The van der Waals surface area contributed by atoms with Crippen molar-refractivity contribution in [2.45, 2.75) is 0 Å². The topological polar surface area (TPSA) is 73.7 Å². The van der Waals surface area contributed by atoms with E-state index < -0.39 is 0 Å². The van der Waals surface area contributed by atoms with Gasteiger partial charge in [0.15, 0.2) is 11.5 Å². The molecule has 0 spiro atoms. The first-order valence-electron chi connectivity index (χ1n) is 7.11. The second-order valence-corrected chi connectivity index (χ2v) is 4.69. The Balaban J connectivity index is 2.03. The van der Waals surface area contributed by atoms with Gasteiger partial charge in [0.2, 0.25) is 5.88 Å². The van der Waals surface area contributed by atoms with Crippen molar-refractivity contribution in [2.75, 3.05) is 20.3 Å². The quantitative estimate of drug-likeness (QED) is 0.754. The fourth-order valence-corrected chi connectivity index (χ4v) is 2.15. The number of methoxy groups -OCH3 is 1. The molecule has 3 rings (SSSR count). The van der Waals surface area contributed by atoms with Crippen molar-refractivity contribution >= 4 is 10.9 Å². The Labute approximate surface area is 133 Å². The van der Waals surface area contributed by atoms with Gasteiger partial charge in [-0.1, -0.05) is 18.2 Å². The third kappa shape index (κ3) is 3.32. The molecule has 23 heavy (non-hydrogen) atoms. The minimum atomic E-state index is -0.0761. The van der Waals surface area contributed by atoms with Crippen molar-refractivity contribution in [3.05, 3.63) is 48.8 Å². The number of hydrogen-bond acceptors (Lipinski definition) is 6. The lowest BCUT2D eigenvalue weighted by molar-refractivity contribution is 0.196. The van der Waals surface area contributed by atoms with Crippen LogP contribution in [0.3, 0.4) is 0 Å². The smallest absolute Gasteiger partial charge is 0.230 e. The summed E-state index contributed by atoms with van der Waals surface area (Å²) < 4.78 is 16.6. The molecule has 6 nitrogen and oxygen atoms in total. The summed E-state index contributed by atoms with van der Waals surface area (Å²) >= 11 is 0. The van der Waals surface area contributed by atoms with Crippen LogP contribution >= 0.6 is 0 Å². The minimum Gasteiger partial charge on any atom is -0.493 e. The number of ether oxygens (including phenoxy) is 3. The number of aliphatic hydroxyl groups excluding tert-OH is 1. The van der Waals surface area contributed by atoms with E-state index in [1.54, 1.807) is 19.2 Å². The van der Waals surface area contributed by atoms with Crippen molar-refractivity contribution in [1.29, 1.82) is 0 Å². The summed E-state index contributed by atoms with van der Waals surface area (Å²) in [5.74, 6) is 2.16. The van der Waals surface area contributed by atoms with E-state index in [0.717, 1.165) is 0 Å². The van der Waals surface area contributed by atoms with E-state index in [9.17, 15) is 0 Å². The van der Waals surface area contributed by atoms with E-state index in [1.807, 2.05) is 30.3 Å². The molecule has 2 aromatic carbocycles. The number of benzene rings is 2. The maximum atomic E-state index is 8.90. The molecule has 1 aromatic heterocycles. The van der Waals surface area contributed by atoms with Gasteiger partial charge in [-0.2, -0.15) is 0 Å². The van der Waals surface area contributed by atoms with Gasteiger partial charge in [-0.3, -0.25) is 0 Å². The minimum absolute atomic E-state index is 0.0761. The molecular weight excluding hydrogens is 296 g/mol. The van der Waals surface area contributed by atoms with Crippen LogP contribution in [-0.4, -0.2) is 35.4 Å². The molecule has 6 heteroatoms. The molecule has 0 bridgehead atoms. The van der Waals surface area contributed by atoms with Crippen LogP contribution in [0.1, 0.15) is 0 Å². The van der Waals surface area contributed by atoms with Gasteiger partial charge in [-0.15, -0.1) is 0 Å². The van der Waals surface area contributed by atoms with E-state index in [1.165, 1.54) is 6.33 Å². The van der Waals surface area contributed by atoms with Crippen molar-refractivity contribution < 1.29 is 19.3 Å². The summed E-state index contributed by atoms with van der Waals surface area (Å²) in [6.45, 7) is 0.105. The largest absolute Gasteiger partial charge is 0.493 e. The average molecular weight is 312 g/mol. The predicted octanol–water partition coefficient (Wildman–Crippen LogP) is 2.80. The van der Waals surface area contributed by atoms with Gasteiger partial charge in [0.25, 0.3) is 0 Å². The van der Waals surface area contributed by atoms with Crippen molar-refractivity contribution in [3.8, 4) is 23.1 Å². The highest BCUT2D eigenvalue weighted by Gasteiger charge is 2.12. The van der Waals surface area contributed by atoms with Crippen LogP contribution in [0.4, 0.5) is 0 Å². The summed E-state index contributed by atoms with van der Waals surface area (Å²) in [5.41, 5.74) is 0.666. The SMILES string of the molecule is COc1cc2c(Oc3ccccc3)ncnc2cc1OCCO. The van der Waals surface area contributed by atoms with Gasteiger partial charge in [0.1, 0.15) is 18.7 Å². The Bertz CT molecular complexity index is 793. The van der Waals surface area contributed by atoms with Crippen molar-refractivity contribution in [3.63, 3.8) is 0 Å². The molecule has 0 aliphatic heterocycles. The van der Waals surface area contributed by atoms with Crippen LogP contribution in [0, 0.1) is 0 Å². The predicted molar refractivity (Wildman–Crippen MR) is 85.2 cm³/mol. The fraction of sp³-hybridized carbons (Fsp3) is 0.176. The molecule has 1 heterocycles. The van der Waals surface area contributed by atoms with Crippen molar-refractivity contribution in [1.82, 2.24) is 9.97 Å². The maximum Gasteiger partial charge on any atom is 0.230 e. The molecule has 0 unspecified atom stereocenters. The molecule has 3 aromatic rings. The normalized spacial score (nSPS) is 10.5. The van der Waals surface area contributed by atoms with E-state index in [4.69, 9.17) is 19.3 Å². The number of para-hydroxylation sites is 1. The lowest BCUT2D eigenvalue weighted by Crippen LogP contribution is -2.03. The molecule has 0 saturated carbocycles. The van der Waals surface area contributed by atoms with Gasteiger partial charge in [0, 0.05) is 6.07 Å². The second-order valence-electron chi connectivity index (χ2n) is 4.69. The van der Waals surface area contributed by atoms with Gasteiger partial charge in [0.05, 0.1) is 24.6 Å². The van der Waals surface area contributed by atoms with Crippen LogP contribution in [0.2, 0.25) is 0 Å². The zero-order valence-corrected chi connectivity index (χ0v) is 12.6. The number of aromatic nitrogens is 2. The molecule has 0 atom stereocenters. The fourth-order valence-electron chi connectivity index (χ4n) is 2.15. The molecular formula is C17H16N2O4. The second kappa shape index (κ2) is 6.93. The van der Waals surface area contributed by atoms with Crippen LogP contribution in [-0.2, 0) is 0 Å². The molecule has 0 radical (unpaired) electrons. The summed E-state index contributed by atoms with van der Waals surface area (Å²) in [6.07, 6.45) is 1.43. The summed E-state index contributed by atoms with van der Waals surface area (Å²) in [6, 6.07) is 12.9. The molecule has 1 N–H and O–H groups in total. The lowest BCUT2D eigenvalue weighted by atomic mass is 10.2. The lowest BCUT2D eigenvalue weighted by Gasteiger charge is -2.12. The number of aliphatic hydroxyl groups is 1. The number of fused-ring (bicyclic) bond motifs is 1. The summed E-state index contributed by atoms with van der Waals surface area (Å²) in [7, 11) is 1.55. The molecule has 118 valence electrons. The highest BCUT2D eigenvalue weighted by molar-refractivity contribution is 5.87. The van der Waals surface area contributed by atoms with Gasteiger partial charge in [-0.25, -0.2) is 9.97 Å². The standard InChI is InChI=1S/C17H16N2O4/c1-21-15-9-13-14(10-16(15)22-8-7-20)18-11-19-17(13)23-12-5-3-2-4-6-12/h2-6,9-11,20H,7-8H2,1H3. The van der Waals surface area contributed by atoms with Crippen LogP contribution in [0.5, 0.6) is 23.1 Å². The van der Waals surface area contributed by atoms with Crippen LogP contribution in [0.15, 0.2) is 48.8 Å². The molecule has 0 saturated heterocycles. The first-order valence-corrected chi connectivity index (χ1v) is 7.11. The maximum absolute atomic E-state index is 8.90. The highest BCUT2D eigenvalue weighted by Crippen LogP contribution is 2.35. The number of nitrogens with zero attached hydrogens (tertiary/aromatic N) is 2.